The van der Waals surface area contributed by atoms with Crippen LogP contribution in [0.5, 0.6) is 5.75 Å². The number of benzene rings is 1. The van der Waals surface area contributed by atoms with Gasteiger partial charge in [-0.2, -0.15) is 0 Å². The van der Waals surface area contributed by atoms with Crippen molar-refractivity contribution >= 4 is 22.8 Å². The van der Waals surface area contributed by atoms with Gasteiger partial charge in [0.25, 0.3) is 0 Å². The van der Waals surface area contributed by atoms with Crippen LogP contribution in [0.2, 0.25) is 0 Å². The van der Waals surface area contributed by atoms with Crippen LogP contribution in [0.4, 0.5) is 0 Å². The number of aromatic amines is 1. The number of nitrogens with zero attached hydrogens (tertiary/aromatic N) is 2. The van der Waals surface area contributed by atoms with E-state index >= 15 is 0 Å². The van der Waals surface area contributed by atoms with Gasteiger partial charge in [0.1, 0.15) is 28.9 Å². The number of fused-ring (bicyclic) bond motifs is 1. The summed E-state index contributed by atoms with van der Waals surface area (Å²) >= 11 is 0. The van der Waals surface area contributed by atoms with E-state index in [0.29, 0.717) is 46.1 Å². The van der Waals surface area contributed by atoms with Gasteiger partial charge in [-0.1, -0.05) is 0 Å². The van der Waals surface area contributed by atoms with E-state index in [1.165, 1.54) is 19.4 Å². The molecule has 1 saturated carbocycles. The SMILES string of the molecule is CC(=O)c1ccc(OCC2CC2)c(-c2ncnc3c(C(=O)O)c[nH]c23)c1. The zero-order valence-corrected chi connectivity index (χ0v) is 14.2. The van der Waals surface area contributed by atoms with Crippen molar-refractivity contribution in [3.8, 4) is 17.0 Å². The number of aromatic nitrogens is 3. The van der Waals surface area contributed by atoms with Crippen LogP contribution in [-0.2, 0) is 0 Å². The normalized spacial score (nSPS) is 13.7. The molecule has 0 atom stereocenters. The smallest absolute Gasteiger partial charge is 0.339 e. The highest BCUT2D eigenvalue weighted by Gasteiger charge is 2.24. The minimum absolute atomic E-state index is 0.0667. The summed E-state index contributed by atoms with van der Waals surface area (Å²) in [4.78, 5) is 34.5. The zero-order valence-electron chi connectivity index (χ0n) is 14.2. The lowest BCUT2D eigenvalue weighted by atomic mass is 10.0. The molecule has 26 heavy (non-hydrogen) atoms. The van der Waals surface area contributed by atoms with Gasteiger partial charge in [0.2, 0.25) is 0 Å². The molecule has 0 saturated heterocycles. The Morgan fingerprint density at radius 1 is 1.31 bits per heavy atom. The van der Waals surface area contributed by atoms with E-state index in [-0.39, 0.29) is 11.3 Å². The molecule has 0 unspecified atom stereocenters. The highest BCUT2D eigenvalue weighted by Crippen LogP contribution is 2.36. The molecule has 0 amide bonds. The van der Waals surface area contributed by atoms with Crippen LogP contribution in [0, 0.1) is 5.92 Å². The minimum Gasteiger partial charge on any atom is -0.493 e. The molecule has 0 radical (unpaired) electrons. The van der Waals surface area contributed by atoms with Crippen molar-refractivity contribution in [2.75, 3.05) is 6.61 Å². The van der Waals surface area contributed by atoms with Crippen molar-refractivity contribution in [3.63, 3.8) is 0 Å². The van der Waals surface area contributed by atoms with Crippen LogP contribution in [0.3, 0.4) is 0 Å². The fraction of sp³-hybridized carbons (Fsp3) is 0.263. The Labute approximate surface area is 149 Å². The highest BCUT2D eigenvalue weighted by molar-refractivity contribution is 6.05. The number of hydrogen-bond donors (Lipinski definition) is 2. The first-order chi connectivity index (χ1) is 12.5. The molecule has 2 heterocycles. The minimum atomic E-state index is -1.07. The maximum Gasteiger partial charge on any atom is 0.339 e. The summed E-state index contributed by atoms with van der Waals surface area (Å²) in [7, 11) is 0. The number of carbonyl (C=O) groups excluding carboxylic acids is 1. The van der Waals surface area contributed by atoms with Gasteiger partial charge < -0.3 is 14.8 Å². The molecule has 2 N–H and O–H groups in total. The van der Waals surface area contributed by atoms with Crippen molar-refractivity contribution in [2.24, 2.45) is 5.92 Å². The quantitative estimate of drug-likeness (QED) is 0.660. The summed E-state index contributed by atoms with van der Waals surface area (Å²) in [6.07, 6.45) is 5.04. The van der Waals surface area contributed by atoms with Crippen LogP contribution in [-0.4, -0.2) is 38.4 Å². The lowest BCUT2D eigenvalue weighted by molar-refractivity contribution is 0.0698. The predicted octanol–water partition coefficient (Wildman–Crippen LogP) is 3.31. The number of carboxylic acid groups (broad SMARTS) is 1. The number of aromatic carboxylic acids is 1. The second-order valence-corrected chi connectivity index (χ2v) is 6.47. The monoisotopic (exact) mass is 351 g/mol. The molecular weight excluding hydrogens is 334 g/mol. The number of H-pyrrole nitrogens is 1. The van der Waals surface area contributed by atoms with E-state index < -0.39 is 5.97 Å². The van der Waals surface area contributed by atoms with Crippen LogP contribution in [0.25, 0.3) is 22.3 Å². The van der Waals surface area contributed by atoms with Crippen LogP contribution >= 0.6 is 0 Å². The third kappa shape index (κ3) is 2.92. The van der Waals surface area contributed by atoms with E-state index in [9.17, 15) is 14.7 Å². The molecule has 0 bridgehead atoms. The molecule has 0 aliphatic heterocycles. The van der Waals surface area contributed by atoms with Gasteiger partial charge >= 0.3 is 5.97 Å². The van der Waals surface area contributed by atoms with Gasteiger partial charge in [-0.05, 0) is 43.9 Å². The number of Topliss-reactive ketones (excluding diaryl/α,β-unsaturated/α-hetero) is 1. The van der Waals surface area contributed by atoms with Gasteiger partial charge in [-0.25, -0.2) is 14.8 Å². The van der Waals surface area contributed by atoms with Gasteiger partial charge in [-0.15, -0.1) is 0 Å². The largest absolute Gasteiger partial charge is 0.493 e. The topological polar surface area (TPSA) is 105 Å². The molecule has 1 aromatic carbocycles. The van der Waals surface area contributed by atoms with E-state index in [1.54, 1.807) is 18.2 Å². The molecule has 1 aliphatic rings. The summed E-state index contributed by atoms with van der Waals surface area (Å²) in [5.41, 5.74) is 2.59. The number of carboxylic acids is 1. The van der Waals surface area contributed by atoms with Gasteiger partial charge in [0.05, 0.1) is 12.1 Å². The Bertz CT molecular complexity index is 1020. The summed E-state index contributed by atoms with van der Waals surface area (Å²) in [5, 5.41) is 9.31. The maximum absolute atomic E-state index is 11.8. The molecule has 1 fully saturated rings. The Morgan fingerprint density at radius 2 is 2.12 bits per heavy atom. The molecular formula is C19H17N3O4. The lowest BCUT2D eigenvalue weighted by Gasteiger charge is -2.12. The Morgan fingerprint density at radius 3 is 2.81 bits per heavy atom. The standard InChI is InChI=1S/C19H17N3O4/c1-10(23)12-4-5-15(26-8-11-2-3-11)13(6-12)16-18-17(22-9-21-16)14(7-20-18)19(24)25/h4-7,9,11,20H,2-3,8H2,1H3,(H,24,25). The molecule has 7 nitrogen and oxygen atoms in total. The Hall–Kier alpha value is -3.22. The van der Waals surface area contributed by atoms with Crippen molar-refractivity contribution in [3.05, 3.63) is 41.9 Å². The summed E-state index contributed by atoms with van der Waals surface area (Å²) in [6.45, 7) is 2.11. The first-order valence-electron chi connectivity index (χ1n) is 8.38. The van der Waals surface area contributed by atoms with E-state index in [0.717, 1.165) is 12.8 Å². The number of rotatable bonds is 6. The van der Waals surface area contributed by atoms with E-state index in [1.807, 2.05) is 0 Å². The highest BCUT2D eigenvalue weighted by atomic mass is 16.5. The third-order valence-corrected chi connectivity index (χ3v) is 4.51. The van der Waals surface area contributed by atoms with Gasteiger partial charge in [0.15, 0.2) is 5.78 Å². The first kappa shape index (κ1) is 16.3. The van der Waals surface area contributed by atoms with Crippen LogP contribution in [0.1, 0.15) is 40.5 Å². The number of ether oxygens (including phenoxy) is 1. The molecule has 3 aromatic rings. The Kier molecular flexibility index (Phi) is 3.91. The van der Waals surface area contributed by atoms with Crippen molar-refractivity contribution in [2.45, 2.75) is 19.8 Å². The Balaban J connectivity index is 1.87. The predicted molar refractivity (Wildman–Crippen MR) is 94.5 cm³/mol. The number of nitrogens with one attached hydrogen (secondary N) is 1. The maximum atomic E-state index is 11.8. The fourth-order valence-electron chi connectivity index (χ4n) is 2.86. The zero-order chi connectivity index (χ0) is 18.3. The first-order valence-corrected chi connectivity index (χ1v) is 8.38. The number of carbonyl (C=O) groups is 2. The molecule has 1 aliphatic carbocycles. The summed E-state index contributed by atoms with van der Waals surface area (Å²) < 4.78 is 5.95. The van der Waals surface area contributed by atoms with Gasteiger partial charge in [0, 0.05) is 17.3 Å². The average Bonchev–Trinajstić information content (AvgIpc) is 3.35. The molecule has 0 spiro atoms. The average molecular weight is 351 g/mol. The lowest BCUT2D eigenvalue weighted by Crippen LogP contribution is -2.03. The van der Waals surface area contributed by atoms with Crippen molar-refractivity contribution in [1.29, 1.82) is 0 Å². The van der Waals surface area contributed by atoms with Gasteiger partial charge in [-0.3, -0.25) is 4.79 Å². The second-order valence-electron chi connectivity index (χ2n) is 6.47. The number of ketones is 1. The molecule has 4 rings (SSSR count). The molecule has 132 valence electrons. The summed E-state index contributed by atoms with van der Waals surface area (Å²) in [6, 6.07) is 5.22. The summed E-state index contributed by atoms with van der Waals surface area (Å²) in [5.74, 6) is 0.0600. The van der Waals surface area contributed by atoms with E-state index in [4.69, 9.17) is 4.74 Å². The third-order valence-electron chi connectivity index (χ3n) is 4.51. The van der Waals surface area contributed by atoms with Crippen LogP contribution < -0.4 is 4.74 Å². The van der Waals surface area contributed by atoms with Crippen LogP contribution in [0.15, 0.2) is 30.7 Å². The van der Waals surface area contributed by atoms with Crippen molar-refractivity contribution in [1.82, 2.24) is 15.0 Å². The number of hydrogen-bond acceptors (Lipinski definition) is 5. The second kappa shape index (κ2) is 6.25. The molecule has 2 aromatic heterocycles. The van der Waals surface area contributed by atoms with E-state index in [2.05, 4.69) is 15.0 Å². The van der Waals surface area contributed by atoms with Crippen molar-refractivity contribution < 1.29 is 19.4 Å². The fourth-order valence-corrected chi connectivity index (χ4v) is 2.86. The molecule has 7 heteroatoms.